The van der Waals surface area contributed by atoms with Gasteiger partial charge in [-0.1, -0.05) is 168 Å². The second kappa shape index (κ2) is 19.1. The number of piperazine rings is 1. The van der Waals surface area contributed by atoms with E-state index in [4.69, 9.17) is 19.7 Å². The third-order valence-corrected chi connectivity index (χ3v) is 13.1. The SMILES string of the molecule is CCOC(C(=O)CC)N1CCN(c2nc(Cc3cc(C(C)(C)C)c(O)c(C(C)(C)C)c3)nc(C(c3cc(C(C)(C)C)c(O)c(C(C)(C)C)c3)c3cc(C(C)(C)C)c(O)c(C(C)(C)C)c3)n2)CC1. The third-order valence-electron chi connectivity index (χ3n) is 13.1. The molecule has 368 valence electrons. The van der Waals surface area contributed by atoms with Crippen molar-refractivity contribution in [3.8, 4) is 17.2 Å². The summed E-state index contributed by atoms with van der Waals surface area (Å²) >= 11 is 0. The molecule has 1 fully saturated rings. The Hall–Kier alpha value is -4.54. The molecule has 0 aliphatic carbocycles. The van der Waals surface area contributed by atoms with Gasteiger partial charge >= 0.3 is 0 Å². The molecule has 0 amide bonds. The summed E-state index contributed by atoms with van der Waals surface area (Å²) < 4.78 is 6.00. The smallest absolute Gasteiger partial charge is 0.228 e. The topological polar surface area (TPSA) is 132 Å². The molecule has 1 unspecified atom stereocenters. The number of aromatic hydroxyl groups is 3. The molecule has 10 heteroatoms. The van der Waals surface area contributed by atoms with Crippen LogP contribution in [0.2, 0.25) is 0 Å². The largest absolute Gasteiger partial charge is 0.507 e. The first-order chi connectivity index (χ1) is 30.6. The maximum Gasteiger partial charge on any atom is 0.228 e. The predicted octanol–water partition coefficient (Wildman–Crippen LogP) is 12.0. The van der Waals surface area contributed by atoms with Gasteiger partial charge in [-0.25, -0.2) is 4.98 Å². The fourth-order valence-corrected chi connectivity index (χ4v) is 9.21. The van der Waals surface area contributed by atoms with Crippen LogP contribution in [0, 0.1) is 0 Å². The fraction of sp³-hybridized carbons (Fsp3) is 0.614. The number of benzene rings is 3. The Labute approximate surface area is 404 Å². The molecule has 0 spiro atoms. The lowest BCUT2D eigenvalue weighted by atomic mass is 9.74. The molecular formula is C57H85N5O5. The van der Waals surface area contributed by atoms with Crippen LogP contribution in [0.15, 0.2) is 36.4 Å². The van der Waals surface area contributed by atoms with Gasteiger partial charge in [0, 0.05) is 45.6 Å². The number of ether oxygens (including phenoxy) is 1. The van der Waals surface area contributed by atoms with Crippen molar-refractivity contribution in [2.24, 2.45) is 0 Å². The standard InChI is InChI=1S/C57H85N5O5/c1-21-43(63)50(67-22-2)61-23-25-62(26-24-61)51-59-44(29-34-27-37(52(3,4)5)46(64)38(28-34)53(6,7)8)58-49(60-51)45(35-30-39(54(9,10)11)47(65)40(31-35)55(12,13)14)36-32-41(56(15,16)17)48(66)42(33-36)57(18,19)20/h27-28,30-33,45,50,64-66H,21-26,29H2,1-20H3. The van der Waals surface area contributed by atoms with Crippen molar-refractivity contribution in [1.29, 1.82) is 0 Å². The van der Waals surface area contributed by atoms with Gasteiger partial charge in [-0.3, -0.25) is 9.69 Å². The van der Waals surface area contributed by atoms with Crippen LogP contribution in [-0.2, 0) is 48.4 Å². The van der Waals surface area contributed by atoms with Gasteiger partial charge in [0.05, 0.1) is 5.92 Å². The molecule has 0 saturated carbocycles. The van der Waals surface area contributed by atoms with Gasteiger partial charge < -0.3 is 25.0 Å². The van der Waals surface area contributed by atoms with Crippen molar-refractivity contribution in [2.75, 3.05) is 37.7 Å². The lowest BCUT2D eigenvalue weighted by molar-refractivity contribution is -0.144. The van der Waals surface area contributed by atoms with Crippen molar-refractivity contribution in [3.05, 3.63) is 98.1 Å². The van der Waals surface area contributed by atoms with E-state index >= 15 is 0 Å². The maximum absolute atomic E-state index is 13.1. The highest BCUT2D eigenvalue weighted by molar-refractivity contribution is 5.82. The third kappa shape index (κ3) is 12.0. The molecule has 1 saturated heterocycles. The highest BCUT2D eigenvalue weighted by atomic mass is 16.5. The number of anilines is 1. The molecular weight excluding hydrogens is 835 g/mol. The van der Waals surface area contributed by atoms with E-state index in [1.807, 2.05) is 13.8 Å². The number of carbonyl (C=O) groups is 1. The van der Waals surface area contributed by atoms with Gasteiger partial charge in [0.25, 0.3) is 0 Å². The lowest BCUT2D eigenvalue weighted by Gasteiger charge is -2.38. The Balaban J connectivity index is 1.90. The van der Waals surface area contributed by atoms with E-state index < -0.39 is 33.8 Å². The number of nitrogens with zero attached hydrogens (tertiary/aromatic N) is 5. The molecule has 0 radical (unpaired) electrons. The average molecular weight is 920 g/mol. The quantitative estimate of drug-likeness (QED) is 0.134. The van der Waals surface area contributed by atoms with E-state index in [0.717, 1.165) is 50.1 Å². The van der Waals surface area contributed by atoms with Gasteiger partial charge in [-0.15, -0.1) is 0 Å². The summed E-state index contributed by atoms with van der Waals surface area (Å²) in [5, 5.41) is 35.8. The number of ketones is 1. The molecule has 3 N–H and O–H groups in total. The minimum atomic E-state index is -0.596. The second-order valence-electron chi connectivity index (χ2n) is 25.1. The second-order valence-corrected chi connectivity index (χ2v) is 25.1. The summed E-state index contributed by atoms with van der Waals surface area (Å²) in [6, 6.07) is 12.7. The predicted molar refractivity (Wildman–Crippen MR) is 275 cm³/mol. The number of hydrogen-bond acceptors (Lipinski definition) is 10. The van der Waals surface area contributed by atoms with Crippen LogP contribution in [0.25, 0.3) is 0 Å². The van der Waals surface area contributed by atoms with Crippen molar-refractivity contribution < 1.29 is 24.9 Å². The monoisotopic (exact) mass is 920 g/mol. The molecule has 10 nitrogen and oxygen atoms in total. The average Bonchev–Trinajstić information content (AvgIpc) is 3.18. The van der Waals surface area contributed by atoms with Gasteiger partial charge in [-0.05, 0) is 89.5 Å². The van der Waals surface area contributed by atoms with Crippen molar-refractivity contribution in [2.45, 2.75) is 196 Å². The number of Topliss-reactive ketones (excluding diaryl/α,β-unsaturated/α-hetero) is 1. The van der Waals surface area contributed by atoms with E-state index in [1.165, 1.54) is 0 Å². The maximum atomic E-state index is 13.1. The Morgan fingerprint density at radius 2 is 0.910 bits per heavy atom. The van der Waals surface area contributed by atoms with Crippen molar-refractivity contribution in [3.63, 3.8) is 0 Å². The zero-order valence-corrected chi connectivity index (χ0v) is 45.0. The van der Waals surface area contributed by atoms with Gasteiger partial charge in [0.2, 0.25) is 5.95 Å². The van der Waals surface area contributed by atoms with Gasteiger partial charge in [0.15, 0.2) is 12.0 Å². The summed E-state index contributed by atoms with van der Waals surface area (Å²) in [4.78, 5) is 33.6. The number of phenolic OH excluding ortho intramolecular Hbond substituents is 3. The summed E-state index contributed by atoms with van der Waals surface area (Å²) in [7, 11) is 0. The number of aromatic nitrogens is 3. The van der Waals surface area contributed by atoms with Crippen LogP contribution in [0.1, 0.15) is 213 Å². The van der Waals surface area contributed by atoms with E-state index in [0.29, 0.717) is 69.0 Å². The molecule has 2 heterocycles. The summed E-state index contributed by atoms with van der Waals surface area (Å²) in [5.74, 6) is 2.10. The molecule has 3 aromatic carbocycles. The Kier molecular flexibility index (Phi) is 15.2. The minimum absolute atomic E-state index is 0.0670. The van der Waals surface area contributed by atoms with Crippen LogP contribution in [0.3, 0.4) is 0 Å². The molecule has 0 bridgehead atoms. The van der Waals surface area contributed by atoms with Crippen molar-refractivity contribution in [1.82, 2.24) is 19.9 Å². The Bertz CT molecular complexity index is 2240. The first-order valence-corrected chi connectivity index (χ1v) is 24.6. The van der Waals surface area contributed by atoms with E-state index in [1.54, 1.807) is 0 Å². The molecule has 67 heavy (non-hydrogen) atoms. The first kappa shape index (κ1) is 53.4. The van der Waals surface area contributed by atoms with Crippen LogP contribution in [-0.4, -0.2) is 80.0 Å². The van der Waals surface area contributed by atoms with Crippen LogP contribution < -0.4 is 4.90 Å². The van der Waals surface area contributed by atoms with Crippen LogP contribution >= 0.6 is 0 Å². The summed E-state index contributed by atoms with van der Waals surface area (Å²) in [6.07, 6.45) is 0.181. The molecule has 5 rings (SSSR count). The normalized spacial score (nSPS) is 15.4. The van der Waals surface area contributed by atoms with E-state index in [-0.39, 0.29) is 28.1 Å². The molecule has 4 aromatic rings. The fourth-order valence-electron chi connectivity index (χ4n) is 9.21. The van der Waals surface area contributed by atoms with E-state index in [9.17, 15) is 20.1 Å². The zero-order valence-electron chi connectivity index (χ0n) is 45.0. The number of rotatable bonds is 11. The highest BCUT2D eigenvalue weighted by Gasteiger charge is 2.36. The molecule has 1 aromatic heterocycles. The highest BCUT2D eigenvalue weighted by Crippen LogP contribution is 2.47. The first-order valence-electron chi connectivity index (χ1n) is 24.6. The number of phenols is 3. The lowest BCUT2D eigenvalue weighted by Crippen LogP contribution is -2.54. The molecule has 1 aliphatic rings. The Morgan fingerprint density at radius 1 is 0.552 bits per heavy atom. The minimum Gasteiger partial charge on any atom is -0.507 e. The van der Waals surface area contributed by atoms with E-state index in [2.05, 4.69) is 171 Å². The van der Waals surface area contributed by atoms with Crippen molar-refractivity contribution >= 4 is 11.7 Å². The number of carbonyl (C=O) groups excluding carboxylic acids is 1. The van der Waals surface area contributed by atoms with Crippen LogP contribution in [0.4, 0.5) is 5.95 Å². The summed E-state index contributed by atoms with van der Waals surface area (Å²) in [6.45, 7) is 44.8. The summed E-state index contributed by atoms with van der Waals surface area (Å²) in [5.41, 5.74) is 5.60. The molecule has 1 atom stereocenters. The van der Waals surface area contributed by atoms with Gasteiger partial charge in [0.1, 0.15) is 28.9 Å². The Morgan fingerprint density at radius 3 is 1.24 bits per heavy atom. The van der Waals surface area contributed by atoms with Gasteiger partial charge in [-0.2, -0.15) is 9.97 Å². The van der Waals surface area contributed by atoms with Crippen LogP contribution in [0.5, 0.6) is 17.2 Å². The zero-order chi connectivity index (χ0) is 50.6. The number of hydrogen-bond donors (Lipinski definition) is 3. The molecule has 1 aliphatic heterocycles.